The fourth-order valence-corrected chi connectivity index (χ4v) is 3.03. The number of carbonyl (C=O) groups is 1. The fourth-order valence-electron chi connectivity index (χ4n) is 2.56. The largest absolute Gasteiger partial charge is 0.494 e. The molecule has 2 rings (SSSR count). The number of thiocarbonyl (C=S) groups is 1. The number of ether oxygens (including phenoxy) is 2. The normalized spacial score (nSPS) is 10.2. The molecule has 0 radical (unpaired) electrons. The van der Waals surface area contributed by atoms with Gasteiger partial charge in [-0.15, -0.1) is 0 Å². The number of halogens is 1. The zero-order valence-electron chi connectivity index (χ0n) is 16.1. The van der Waals surface area contributed by atoms with E-state index < -0.39 is 5.97 Å². The van der Waals surface area contributed by atoms with Crippen LogP contribution in [0.4, 0.5) is 5.69 Å². The van der Waals surface area contributed by atoms with Gasteiger partial charge in [-0.3, -0.25) is 0 Å². The summed E-state index contributed by atoms with van der Waals surface area (Å²) in [5.41, 5.74) is 2.30. The highest BCUT2D eigenvalue weighted by Crippen LogP contribution is 2.22. The lowest BCUT2D eigenvalue weighted by Gasteiger charge is -2.12. The van der Waals surface area contributed by atoms with E-state index in [0.717, 1.165) is 25.1 Å². The minimum atomic E-state index is -0.436. The van der Waals surface area contributed by atoms with E-state index in [9.17, 15) is 4.79 Å². The molecule has 2 aromatic carbocycles. The summed E-state index contributed by atoms with van der Waals surface area (Å²) < 4.78 is 10.4. The van der Waals surface area contributed by atoms with Gasteiger partial charge in [0.15, 0.2) is 5.11 Å². The van der Waals surface area contributed by atoms with Crippen molar-refractivity contribution in [1.29, 1.82) is 0 Å². The predicted octanol–water partition coefficient (Wildman–Crippen LogP) is 4.83. The Morgan fingerprint density at radius 1 is 1.11 bits per heavy atom. The van der Waals surface area contributed by atoms with Gasteiger partial charge in [-0.05, 0) is 74.8 Å². The van der Waals surface area contributed by atoms with Crippen LogP contribution < -0.4 is 15.4 Å². The smallest absolute Gasteiger partial charge is 0.339 e. The summed E-state index contributed by atoms with van der Waals surface area (Å²) in [6, 6.07) is 13.2. The molecular weight excluding hydrogens is 396 g/mol. The van der Waals surface area contributed by atoms with E-state index in [1.165, 1.54) is 5.56 Å². The molecule has 0 saturated carbocycles. The fraction of sp³-hybridized carbons (Fsp3) is 0.333. The van der Waals surface area contributed by atoms with Crippen molar-refractivity contribution < 1.29 is 14.3 Å². The van der Waals surface area contributed by atoms with Crippen molar-refractivity contribution in [2.24, 2.45) is 0 Å². The topological polar surface area (TPSA) is 59.6 Å². The van der Waals surface area contributed by atoms with Crippen LogP contribution in [-0.4, -0.2) is 30.8 Å². The van der Waals surface area contributed by atoms with E-state index in [1.54, 1.807) is 25.1 Å². The van der Waals surface area contributed by atoms with Crippen molar-refractivity contribution in [1.82, 2.24) is 5.32 Å². The predicted molar refractivity (Wildman–Crippen MR) is 118 cm³/mol. The molecule has 28 heavy (non-hydrogen) atoms. The van der Waals surface area contributed by atoms with Gasteiger partial charge in [-0.2, -0.15) is 0 Å². The Bertz CT molecular complexity index is 797. The second kappa shape index (κ2) is 11.5. The van der Waals surface area contributed by atoms with Gasteiger partial charge in [-0.25, -0.2) is 4.79 Å². The highest BCUT2D eigenvalue weighted by molar-refractivity contribution is 7.80. The number of nitrogens with one attached hydrogen (secondary N) is 2. The first-order valence-electron chi connectivity index (χ1n) is 9.26. The van der Waals surface area contributed by atoms with E-state index in [4.69, 9.17) is 33.3 Å². The summed E-state index contributed by atoms with van der Waals surface area (Å²) >= 11 is 11.5. The molecule has 7 heteroatoms. The van der Waals surface area contributed by atoms with Crippen molar-refractivity contribution >= 4 is 40.6 Å². The van der Waals surface area contributed by atoms with Crippen LogP contribution in [0, 0.1) is 0 Å². The Morgan fingerprint density at radius 2 is 1.86 bits per heavy atom. The van der Waals surface area contributed by atoms with Gasteiger partial charge in [0.2, 0.25) is 0 Å². The third-order valence-electron chi connectivity index (χ3n) is 3.88. The van der Waals surface area contributed by atoms with Gasteiger partial charge in [-0.1, -0.05) is 23.7 Å². The maximum Gasteiger partial charge on any atom is 0.339 e. The molecule has 2 N–H and O–H groups in total. The zero-order valence-corrected chi connectivity index (χ0v) is 17.7. The molecule has 150 valence electrons. The molecule has 0 spiro atoms. The van der Waals surface area contributed by atoms with Gasteiger partial charge in [0.25, 0.3) is 0 Å². The van der Waals surface area contributed by atoms with Crippen molar-refractivity contribution in [2.75, 3.05) is 25.1 Å². The van der Waals surface area contributed by atoms with Crippen molar-refractivity contribution in [3.05, 3.63) is 58.6 Å². The lowest BCUT2D eigenvalue weighted by atomic mass is 10.1. The van der Waals surface area contributed by atoms with Crippen molar-refractivity contribution in [2.45, 2.75) is 26.7 Å². The molecule has 0 aromatic heterocycles. The van der Waals surface area contributed by atoms with Crippen LogP contribution in [0.5, 0.6) is 5.75 Å². The third-order valence-corrected chi connectivity index (χ3v) is 4.44. The molecule has 0 atom stereocenters. The summed E-state index contributed by atoms with van der Waals surface area (Å²) in [7, 11) is 0. The zero-order chi connectivity index (χ0) is 20.4. The van der Waals surface area contributed by atoms with E-state index in [0.29, 0.717) is 34.6 Å². The second-order valence-corrected chi connectivity index (χ2v) is 6.79. The number of carbonyl (C=O) groups excluding carboxylic acids is 1. The number of benzene rings is 2. The maximum absolute atomic E-state index is 11.8. The maximum atomic E-state index is 11.8. The number of hydrogen-bond acceptors (Lipinski definition) is 4. The van der Waals surface area contributed by atoms with E-state index in [-0.39, 0.29) is 0 Å². The molecule has 0 unspecified atom stereocenters. The van der Waals surface area contributed by atoms with Crippen LogP contribution >= 0.6 is 23.8 Å². The molecule has 0 amide bonds. The lowest BCUT2D eigenvalue weighted by molar-refractivity contribution is 0.0526. The monoisotopic (exact) mass is 420 g/mol. The Hall–Kier alpha value is -2.31. The molecule has 0 aliphatic carbocycles. The van der Waals surface area contributed by atoms with Gasteiger partial charge >= 0.3 is 5.97 Å². The molecule has 0 heterocycles. The third kappa shape index (κ3) is 7.02. The lowest BCUT2D eigenvalue weighted by Crippen LogP contribution is -2.29. The standard InChI is InChI=1S/C21H25ClN2O3S/c1-3-26-17-10-7-15(8-11-17)6-5-13-23-21(28)24-16-9-12-18(19(22)14-16)20(25)27-4-2/h7-12,14H,3-6,13H2,1-2H3,(H2,23,24,28). The summed E-state index contributed by atoms with van der Waals surface area (Å²) in [6.07, 6.45) is 1.89. The van der Waals surface area contributed by atoms with Crippen LogP contribution in [0.15, 0.2) is 42.5 Å². The van der Waals surface area contributed by atoms with Crippen molar-refractivity contribution in [3.8, 4) is 5.75 Å². The SMILES string of the molecule is CCOC(=O)c1ccc(NC(=S)NCCCc2ccc(OCC)cc2)cc1Cl. The summed E-state index contributed by atoms with van der Waals surface area (Å²) in [6.45, 7) is 5.44. The van der Waals surface area contributed by atoms with Crippen molar-refractivity contribution in [3.63, 3.8) is 0 Å². The van der Waals surface area contributed by atoms with Crippen LogP contribution in [0.25, 0.3) is 0 Å². The van der Waals surface area contributed by atoms with Crippen LogP contribution in [0.3, 0.4) is 0 Å². The van der Waals surface area contributed by atoms with E-state index in [1.807, 2.05) is 19.1 Å². The Morgan fingerprint density at radius 3 is 2.50 bits per heavy atom. The first kappa shape index (κ1) is 22.0. The molecule has 0 saturated heterocycles. The molecular formula is C21H25ClN2O3S. The van der Waals surface area contributed by atoms with E-state index >= 15 is 0 Å². The highest BCUT2D eigenvalue weighted by atomic mass is 35.5. The van der Waals surface area contributed by atoms with Crippen LogP contribution in [0.1, 0.15) is 36.2 Å². The quantitative estimate of drug-likeness (QED) is 0.344. The molecule has 5 nitrogen and oxygen atoms in total. The van der Waals surface area contributed by atoms with Gasteiger partial charge in [0.05, 0.1) is 23.8 Å². The molecule has 0 fully saturated rings. The first-order valence-corrected chi connectivity index (χ1v) is 10.0. The molecule has 0 aliphatic rings. The van der Waals surface area contributed by atoms with E-state index in [2.05, 4.69) is 22.8 Å². The van der Waals surface area contributed by atoms with Gasteiger partial charge in [0, 0.05) is 12.2 Å². The highest BCUT2D eigenvalue weighted by Gasteiger charge is 2.12. The molecule has 0 aliphatic heterocycles. The Labute approximate surface area is 176 Å². The summed E-state index contributed by atoms with van der Waals surface area (Å²) in [5, 5.41) is 7.07. The minimum absolute atomic E-state index is 0.305. The minimum Gasteiger partial charge on any atom is -0.494 e. The average Bonchev–Trinajstić information content (AvgIpc) is 2.67. The molecule has 0 bridgehead atoms. The van der Waals surface area contributed by atoms with Gasteiger partial charge in [0.1, 0.15) is 5.75 Å². The average molecular weight is 421 g/mol. The number of anilines is 1. The summed E-state index contributed by atoms with van der Waals surface area (Å²) in [5.74, 6) is 0.455. The van der Waals surface area contributed by atoms with Crippen LogP contribution in [0.2, 0.25) is 5.02 Å². The number of rotatable bonds is 9. The molecule has 2 aromatic rings. The summed E-state index contributed by atoms with van der Waals surface area (Å²) in [4.78, 5) is 11.8. The number of esters is 1. The first-order chi connectivity index (χ1) is 13.5. The Kier molecular flexibility index (Phi) is 9.04. The second-order valence-electron chi connectivity index (χ2n) is 5.98. The van der Waals surface area contributed by atoms with Crippen LogP contribution in [-0.2, 0) is 11.2 Å². The van der Waals surface area contributed by atoms with Gasteiger partial charge < -0.3 is 20.1 Å². The number of aryl methyl sites for hydroxylation is 1. The Balaban J connectivity index is 1.75. The number of hydrogen-bond donors (Lipinski definition) is 2.